The summed E-state index contributed by atoms with van der Waals surface area (Å²) in [4.78, 5) is 0. The average Bonchev–Trinajstić information content (AvgIpc) is 1.79. The maximum absolute atomic E-state index is 12.7. The van der Waals surface area contributed by atoms with Crippen molar-refractivity contribution >= 4 is 0 Å². The van der Waals surface area contributed by atoms with E-state index in [9.17, 15) is 8.78 Å². The van der Waals surface area contributed by atoms with E-state index in [4.69, 9.17) is 5.73 Å². The number of hydrogen-bond donors (Lipinski definition) is 1. The third kappa shape index (κ3) is 4.30. The predicted molar refractivity (Wildman–Crippen MR) is 42.6 cm³/mol. The minimum atomic E-state index is -2.63. The summed E-state index contributed by atoms with van der Waals surface area (Å²) in [5.41, 5.74) is 5.23. The van der Waals surface area contributed by atoms with Crippen LogP contribution in [-0.4, -0.2) is 12.5 Å². The molecule has 0 heterocycles. The quantitative estimate of drug-likeness (QED) is 0.679. The average molecular weight is 165 g/mol. The van der Waals surface area contributed by atoms with Gasteiger partial charge in [-0.05, 0) is 19.3 Å². The lowest BCUT2D eigenvalue weighted by Crippen LogP contribution is -2.32. The van der Waals surface area contributed by atoms with Gasteiger partial charge in [-0.25, -0.2) is 8.78 Å². The molecule has 68 valence electrons. The van der Waals surface area contributed by atoms with Crippen LogP contribution in [0.15, 0.2) is 0 Å². The van der Waals surface area contributed by atoms with Crippen molar-refractivity contribution in [3.05, 3.63) is 0 Å². The van der Waals surface area contributed by atoms with Gasteiger partial charge in [0.2, 0.25) is 5.92 Å². The molecule has 0 saturated carbocycles. The van der Waals surface area contributed by atoms with Crippen molar-refractivity contribution in [1.82, 2.24) is 0 Å². The van der Waals surface area contributed by atoms with Gasteiger partial charge in [0.15, 0.2) is 0 Å². The fraction of sp³-hybridized carbons (Fsp3) is 1.00. The second-order valence-corrected chi connectivity index (χ2v) is 3.52. The second kappa shape index (κ2) is 4.00. The number of rotatable bonds is 4. The van der Waals surface area contributed by atoms with Gasteiger partial charge in [0, 0.05) is 12.5 Å². The standard InChI is InChI=1S/C8H17F2N/c1-6(2)4-7(5-11)8(3,9)10/h6-7H,4-5,11H2,1-3H3. The van der Waals surface area contributed by atoms with Gasteiger partial charge in [0.25, 0.3) is 0 Å². The summed E-state index contributed by atoms with van der Waals surface area (Å²) in [7, 11) is 0. The van der Waals surface area contributed by atoms with E-state index < -0.39 is 11.8 Å². The van der Waals surface area contributed by atoms with Crippen LogP contribution in [0.5, 0.6) is 0 Å². The maximum Gasteiger partial charge on any atom is 0.249 e. The van der Waals surface area contributed by atoms with Gasteiger partial charge < -0.3 is 5.73 Å². The fourth-order valence-corrected chi connectivity index (χ4v) is 1.08. The number of nitrogens with two attached hydrogens (primary N) is 1. The number of halogens is 2. The van der Waals surface area contributed by atoms with Crippen molar-refractivity contribution in [2.24, 2.45) is 17.6 Å². The molecule has 1 atom stereocenters. The highest BCUT2D eigenvalue weighted by atomic mass is 19.3. The Morgan fingerprint density at radius 2 is 1.82 bits per heavy atom. The molecule has 0 radical (unpaired) electrons. The second-order valence-electron chi connectivity index (χ2n) is 3.52. The molecule has 11 heavy (non-hydrogen) atoms. The van der Waals surface area contributed by atoms with E-state index in [0.717, 1.165) is 6.92 Å². The topological polar surface area (TPSA) is 26.0 Å². The van der Waals surface area contributed by atoms with E-state index in [1.807, 2.05) is 13.8 Å². The van der Waals surface area contributed by atoms with Crippen LogP contribution in [-0.2, 0) is 0 Å². The van der Waals surface area contributed by atoms with Crippen LogP contribution in [0.25, 0.3) is 0 Å². The molecule has 0 aromatic heterocycles. The molecule has 1 unspecified atom stereocenters. The molecular weight excluding hydrogens is 148 g/mol. The van der Waals surface area contributed by atoms with Gasteiger partial charge >= 0.3 is 0 Å². The van der Waals surface area contributed by atoms with E-state index in [1.54, 1.807) is 0 Å². The number of hydrogen-bond acceptors (Lipinski definition) is 1. The molecule has 0 aliphatic carbocycles. The molecule has 3 heteroatoms. The summed E-state index contributed by atoms with van der Waals surface area (Å²) in [6.45, 7) is 4.86. The van der Waals surface area contributed by atoms with Gasteiger partial charge in [-0.15, -0.1) is 0 Å². The van der Waals surface area contributed by atoms with Crippen molar-refractivity contribution in [2.75, 3.05) is 6.54 Å². The Morgan fingerprint density at radius 3 is 1.91 bits per heavy atom. The van der Waals surface area contributed by atoms with E-state index >= 15 is 0 Å². The molecule has 0 aliphatic rings. The minimum absolute atomic E-state index is 0.0711. The number of alkyl halides is 2. The van der Waals surface area contributed by atoms with Crippen molar-refractivity contribution in [3.63, 3.8) is 0 Å². The van der Waals surface area contributed by atoms with Gasteiger partial charge in [0.05, 0.1) is 0 Å². The molecule has 0 saturated heterocycles. The zero-order valence-electron chi connectivity index (χ0n) is 7.40. The molecule has 0 bridgehead atoms. The molecule has 0 amide bonds. The lowest BCUT2D eigenvalue weighted by molar-refractivity contribution is -0.0431. The summed E-state index contributed by atoms with van der Waals surface area (Å²) in [6, 6.07) is 0. The normalized spacial score (nSPS) is 15.5. The Morgan fingerprint density at radius 1 is 1.36 bits per heavy atom. The van der Waals surface area contributed by atoms with Gasteiger partial charge in [-0.2, -0.15) is 0 Å². The molecule has 0 aromatic rings. The maximum atomic E-state index is 12.7. The Kier molecular flexibility index (Phi) is 3.93. The summed E-state index contributed by atoms with van der Waals surface area (Å²) < 4.78 is 25.3. The highest BCUT2D eigenvalue weighted by Gasteiger charge is 2.32. The first-order chi connectivity index (χ1) is 4.88. The van der Waals surface area contributed by atoms with Crippen molar-refractivity contribution < 1.29 is 8.78 Å². The molecule has 0 aliphatic heterocycles. The molecule has 1 nitrogen and oxygen atoms in total. The molecule has 0 rings (SSSR count). The van der Waals surface area contributed by atoms with E-state index in [1.165, 1.54) is 0 Å². The first kappa shape index (κ1) is 10.8. The van der Waals surface area contributed by atoms with Gasteiger partial charge in [-0.1, -0.05) is 13.8 Å². The molecular formula is C8H17F2N. The van der Waals surface area contributed by atoms with Crippen molar-refractivity contribution in [2.45, 2.75) is 33.1 Å². The Labute approximate surface area is 67.0 Å². The minimum Gasteiger partial charge on any atom is -0.330 e. The lowest BCUT2D eigenvalue weighted by atomic mass is 9.92. The monoisotopic (exact) mass is 165 g/mol. The van der Waals surface area contributed by atoms with E-state index in [0.29, 0.717) is 6.42 Å². The van der Waals surface area contributed by atoms with Crippen LogP contribution in [0.1, 0.15) is 27.2 Å². The highest BCUT2D eigenvalue weighted by Crippen LogP contribution is 2.28. The third-order valence-corrected chi connectivity index (χ3v) is 1.76. The van der Waals surface area contributed by atoms with Crippen LogP contribution in [0.3, 0.4) is 0 Å². The largest absolute Gasteiger partial charge is 0.330 e. The third-order valence-electron chi connectivity index (χ3n) is 1.76. The zero-order chi connectivity index (χ0) is 9.07. The van der Waals surface area contributed by atoms with Gasteiger partial charge in [-0.3, -0.25) is 0 Å². The summed E-state index contributed by atoms with van der Waals surface area (Å²) in [6.07, 6.45) is 0.500. The fourth-order valence-electron chi connectivity index (χ4n) is 1.08. The molecule has 0 aromatic carbocycles. The first-order valence-electron chi connectivity index (χ1n) is 3.95. The van der Waals surface area contributed by atoms with Crippen LogP contribution < -0.4 is 5.73 Å². The summed E-state index contributed by atoms with van der Waals surface area (Å²) in [5, 5.41) is 0. The van der Waals surface area contributed by atoms with Crippen LogP contribution in [0, 0.1) is 11.8 Å². The SMILES string of the molecule is CC(C)CC(CN)C(C)(F)F. The highest BCUT2D eigenvalue weighted by molar-refractivity contribution is 4.74. The van der Waals surface area contributed by atoms with Crippen LogP contribution in [0.2, 0.25) is 0 Å². The molecule has 0 spiro atoms. The van der Waals surface area contributed by atoms with Crippen LogP contribution in [0.4, 0.5) is 8.78 Å². The molecule has 0 fully saturated rings. The summed E-state index contributed by atoms with van der Waals surface area (Å²) in [5.74, 6) is -3.00. The lowest BCUT2D eigenvalue weighted by Gasteiger charge is -2.23. The van der Waals surface area contributed by atoms with Crippen molar-refractivity contribution in [3.8, 4) is 0 Å². The smallest absolute Gasteiger partial charge is 0.249 e. The van der Waals surface area contributed by atoms with E-state index in [2.05, 4.69) is 0 Å². The Balaban J connectivity index is 3.96. The summed E-state index contributed by atoms with van der Waals surface area (Å²) >= 11 is 0. The predicted octanol–water partition coefficient (Wildman–Crippen LogP) is 2.26. The van der Waals surface area contributed by atoms with Crippen LogP contribution >= 0.6 is 0 Å². The van der Waals surface area contributed by atoms with E-state index in [-0.39, 0.29) is 12.5 Å². The van der Waals surface area contributed by atoms with Gasteiger partial charge in [0.1, 0.15) is 0 Å². The first-order valence-corrected chi connectivity index (χ1v) is 3.95. The zero-order valence-corrected chi connectivity index (χ0v) is 7.40. The molecule has 2 N–H and O–H groups in total. The Hall–Kier alpha value is -0.180. The van der Waals surface area contributed by atoms with Crippen molar-refractivity contribution in [1.29, 1.82) is 0 Å². The Bertz CT molecular complexity index is 107.